The van der Waals surface area contributed by atoms with Gasteiger partial charge in [-0.25, -0.2) is 9.07 Å². The number of benzene rings is 1. The van der Waals surface area contributed by atoms with Crippen LogP contribution in [0, 0.1) is 19.7 Å². The number of anilines is 1. The Labute approximate surface area is 144 Å². The van der Waals surface area contributed by atoms with Gasteiger partial charge in [0, 0.05) is 24.0 Å². The molecule has 6 nitrogen and oxygen atoms in total. The molecule has 2 aromatic heterocycles. The van der Waals surface area contributed by atoms with E-state index in [1.807, 2.05) is 6.92 Å². The van der Waals surface area contributed by atoms with Gasteiger partial charge in [0.2, 0.25) is 0 Å². The molecule has 7 heteroatoms. The van der Waals surface area contributed by atoms with Crippen LogP contribution in [0.15, 0.2) is 48.8 Å². The molecule has 3 rings (SSSR count). The third-order valence-electron chi connectivity index (χ3n) is 3.71. The van der Waals surface area contributed by atoms with E-state index in [-0.39, 0.29) is 18.5 Å². The van der Waals surface area contributed by atoms with Crippen LogP contribution in [0.5, 0.6) is 5.75 Å². The number of aryl methyl sites for hydroxylation is 1. The summed E-state index contributed by atoms with van der Waals surface area (Å²) >= 11 is 0. The maximum Gasteiger partial charge on any atom is 0.255 e. The van der Waals surface area contributed by atoms with Gasteiger partial charge in [0.1, 0.15) is 11.6 Å². The lowest BCUT2D eigenvalue weighted by Crippen LogP contribution is -2.13. The summed E-state index contributed by atoms with van der Waals surface area (Å²) in [5, 5.41) is 7.22. The average molecular weight is 340 g/mol. The molecule has 25 heavy (non-hydrogen) atoms. The van der Waals surface area contributed by atoms with Crippen molar-refractivity contribution in [3.05, 3.63) is 71.6 Å². The summed E-state index contributed by atoms with van der Waals surface area (Å²) in [6.07, 6.45) is 3.12. The first kappa shape index (κ1) is 16.6. The molecule has 128 valence electrons. The van der Waals surface area contributed by atoms with E-state index in [4.69, 9.17) is 4.74 Å². The highest BCUT2D eigenvalue weighted by molar-refractivity contribution is 6.04. The smallest absolute Gasteiger partial charge is 0.255 e. The molecule has 3 aromatic rings. The second-order valence-corrected chi connectivity index (χ2v) is 5.47. The second kappa shape index (κ2) is 7.12. The number of rotatable bonds is 5. The third-order valence-corrected chi connectivity index (χ3v) is 3.71. The van der Waals surface area contributed by atoms with E-state index >= 15 is 0 Å². The van der Waals surface area contributed by atoms with Crippen molar-refractivity contribution in [3.8, 4) is 5.75 Å². The highest BCUT2D eigenvalue weighted by Gasteiger charge is 2.15. The molecule has 0 aliphatic heterocycles. The summed E-state index contributed by atoms with van der Waals surface area (Å²) in [6, 6.07) is 9.17. The van der Waals surface area contributed by atoms with E-state index in [0.717, 1.165) is 5.69 Å². The van der Waals surface area contributed by atoms with Gasteiger partial charge < -0.3 is 10.1 Å². The van der Waals surface area contributed by atoms with Crippen LogP contribution >= 0.6 is 0 Å². The molecule has 0 fully saturated rings. The molecule has 0 aliphatic carbocycles. The number of ether oxygens (including phenoxy) is 1. The molecule has 0 saturated heterocycles. The van der Waals surface area contributed by atoms with Crippen LogP contribution in [0.25, 0.3) is 0 Å². The SMILES string of the molecule is Cc1nn(COc2cccc(F)c2)c(C)c1NC(=O)c1ccncc1. The molecule has 0 unspecified atom stereocenters. The van der Waals surface area contributed by atoms with E-state index in [1.54, 1.807) is 48.3 Å². The molecule has 1 N–H and O–H groups in total. The van der Waals surface area contributed by atoms with Crippen molar-refractivity contribution in [2.75, 3.05) is 5.32 Å². The average Bonchev–Trinajstić information content (AvgIpc) is 2.88. The Balaban J connectivity index is 1.73. The Morgan fingerprint density at radius 3 is 2.72 bits per heavy atom. The normalized spacial score (nSPS) is 10.5. The van der Waals surface area contributed by atoms with Gasteiger partial charge in [-0.05, 0) is 38.1 Å². The molecule has 0 atom stereocenters. The molecule has 0 radical (unpaired) electrons. The second-order valence-electron chi connectivity index (χ2n) is 5.47. The standard InChI is InChI=1S/C18H17FN4O2/c1-12-17(21-18(24)14-6-8-20-9-7-14)13(2)23(22-12)11-25-16-5-3-4-15(19)10-16/h3-10H,11H2,1-2H3,(H,21,24). The van der Waals surface area contributed by atoms with Gasteiger partial charge in [0.05, 0.1) is 17.1 Å². The summed E-state index contributed by atoms with van der Waals surface area (Å²) in [4.78, 5) is 16.2. The molecule has 0 bridgehead atoms. The number of amides is 1. The van der Waals surface area contributed by atoms with Crippen LogP contribution in [0.1, 0.15) is 21.7 Å². The van der Waals surface area contributed by atoms with E-state index in [2.05, 4.69) is 15.4 Å². The van der Waals surface area contributed by atoms with Gasteiger partial charge in [-0.1, -0.05) is 6.07 Å². The molecule has 2 heterocycles. The van der Waals surface area contributed by atoms with E-state index in [1.165, 1.54) is 12.1 Å². The molecule has 0 aliphatic rings. The molecule has 1 aromatic carbocycles. The van der Waals surface area contributed by atoms with Crippen LogP contribution in [0.3, 0.4) is 0 Å². The number of hydrogen-bond donors (Lipinski definition) is 1. The van der Waals surface area contributed by atoms with E-state index in [9.17, 15) is 9.18 Å². The Kier molecular flexibility index (Phi) is 4.74. The summed E-state index contributed by atoms with van der Waals surface area (Å²) in [5.41, 5.74) is 2.56. The predicted octanol–water partition coefficient (Wildman–Crippen LogP) is 3.32. The minimum absolute atomic E-state index is 0.112. The van der Waals surface area contributed by atoms with E-state index < -0.39 is 0 Å². The maximum absolute atomic E-state index is 13.2. The minimum atomic E-state index is -0.365. The number of nitrogens with one attached hydrogen (secondary N) is 1. The Morgan fingerprint density at radius 1 is 1.24 bits per heavy atom. The summed E-state index contributed by atoms with van der Waals surface area (Å²) < 4.78 is 20.4. The minimum Gasteiger partial charge on any atom is -0.471 e. The topological polar surface area (TPSA) is 69.0 Å². The van der Waals surface area contributed by atoms with Gasteiger partial charge in [0.15, 0.2) is 6.73 Å². The zero-order valence-corrected chi connectivity index (χ0v) is 13.9. The van der Waals surface area contributed by atoms with Crippen molar-refractivity contribution in [1.29, 1.82) is 0 Å². The van der Waals surface area contributed by atoms with Gasteiger partial charge in [-0.15, -0.1) is 0 Å². The largest absolute Gasteiger partial charge is 0.471 e. The monoisotopic (exact) mass is 340 g/mol. The number of carbonyl (C=O) groups excluding carboxylic acids is 1. The highest BCUT2D eigenvalue weighted by atomic mass is 19.1. The third kappa shape index (κ3) is 3.82. The van der Waals surface area contributed by atoms with Crippen LogP contribution in [-0.2, 0) is 6.73 Å². The van der Waals surface area contributed by atoms with Gasteiger partial charge in [0.25, 0.3) is 5.91 Å². The van der Waals surface area contributed by atoms with Crippen LogP contribution in [0.2, 0.25) is 0 Å². The number of pyridine rings is 1. The fourth-order valence-electron chi connectivity index (χ4n) is 2.38. The van der Waals surface area contributed by atoms with Crippen molar-refractivity contribution in [2.24, 2.45) is 0 Å². The van der Waals surface area contributed by atoms with Gasteiger partial charge in [-0.2, -0.15) is 5.10 Å². The van der Waals surface area contributed by atoms with Crippen LogP contribution < -0.4 is 10.1 Å². The first-order valence-corrected chi connectivity index (χ1v) is 7.68. The molecular weight excluding hydrogens is 323 g/mol. The van der Waals surface area contributed by atoms with Crippen molar-refractivity contribution in [1.82, 2.24) is 14.8 Å². The van der Waals surface area contributed by atoms with Crippen LogP contribution in [-0.4, -0.2) is 20.7 Å². The number of carbonyl (C=O) groups is 1. The quantitative estimate of drug-likeness (QED) is 0.773. The summed E-state index contributed by atoms with van der Waals surface area (Å²) in [6.45, 7) is 3.74. The lowest BCUT2D eigenvalue weighted by Gasteiger charge is -2.09. The van der Waals surface area contributed by atoms with Crippen molar-refractivity contribution >= 4 is 11.6 Å². The summed E-state index contributed by atoms with van der Waals surface area (Å²) in [5.74, 6) is -0.190. The van der Waals surface area contributed by atoms with Crippen molar-refractivity contribution in [3.63, 3.8) is 0 Å². The molecular formula is C18H17FN4O2. The van der Waals surface area contributed by atoms with Crippen LogP contribution in [0.4, 0.5) is 10.1 Å². The molecule has 1 amide bonds. The van der Waals surface area contributed by atoms with Crippen molar-refractivity contribution < 1.29 is 13.9 Å². The maximum atomic E-state index is 13.2. The fourth-order valence-corrected chi connectivity index (χ4v) is 2.38. The zero-order valence-electron chi connectivity index (χ0n) is 13.9. The lowest BCUT2D eigenvalue weighted by molar-refractivity contribution is 0.102. The highest BCUT2D eigenvalue weighted by Crippen LogP contribution is 2.21. The van der Waals surface area contributed by atoms with Gasteiger partial charge in [-0.3, -0.25) is 9.78 Å². The number of halogens is 1. The summed E-state index contributed by atoms with van der Waals surface area (Å²) in [7, 11) is 0. The Hall–Kier alpha value is -3.22. The number of hydrogen-bond acceptors (Lipinski definition) is 4. The molecule has 0 saturated carbocycles. The van der Waals surface area contributed by atoms with Crippen molar-refractivity contribution in [2.45, 2.75) is 20.6 Å². The number of nitrogens with zero attached hydrogens (tertiary/aromatic N) is 3. The lowest BCUT2D eigenvalue weighted by atomic mass is 10.2. The zero-order chi connectivity index (χ0) is 17.8. The molecule has 0 spiro atoms. The Bertz CT molecular complexity index is 893. The fraction of sp³-hybridized carbons (Fsp3) is 0.167. The van der Waals surface area contributed by atoms with Gasteiger partial charge >= 0.3 is 0 Å². The number of aromatic nitrogens is 3. The first-order valence-electron chi connectivity index (χ1n) is 7.68. The predicted molar refractivity (Wildman–Crippen MR) is 90.9 cm³/mol. The first-order chi connectivity index (χ1) is 12.0. The van der Waals surface area contributed by atoms with E-state index in [0.29, 0.717) is 22.7 Å². The Morgan fingerprint density at radius 2 is 2.00 bits per heavy atom.